The van der Waals surface area contributed by atoms with E-state index in [1.165, 1.54) is 14.0 Å². The topological polar surface area (TPSA) is 219 Å². The van der Waals surface area contributed by atoms with Crippen molar-refractivity contribution in [2.75, 3.05) is 27.8 Å². The average molecular weight is 971 g/mol. The molecule has 15 atom stereocenters. The van der Waals surface area contributed by atoms with E-state index in [0.29, 0.717) is 49.7 Å². The minimum Gasteiger partial charge on any atom is -0.460 e. The van der Waals surface area contributed by atoms with Crippen LogP contribution in [-0.4, -0.2) is 141 Å². The normalized spacial score (nSPS) is 40.7. The van der Waals surface area contributed by atoms with Gasteiger partial charge in [0, 0.05) is 61.1 Å². The Morgan fingerprint density at radius 3 is 2.42 bits per heavy atom. The molecule has 3 fully saturated rings. The molecule has 4 heterocycles. The lowest BCUT2D eigenvalue weighted by Crippen LogP contribution is -2.61. The van der Waals surface area contributed by atoms with Gasteiger partial charge in [-0.25, -0.2) is 9.48 Å². The number of ether oxygens (including phenoxy) is 5. The Labute approximate surface area is 415 Å². The molecule has 2 N–H and O–H groups in total. The molecule has 1 saturated carbocycles. The number of fused-ring (bicyclic) bond motifs is 3. The lowest BCUT2D eigenvalue weighted by atomic mass is 9.77. The zero-order valence-electron chi connectivity index (χ0n) is 46.8. The highest BCUT2D eigenvalue weighted by atomic mass is 16.6. The van der Waals surface area contributed by atoms with Crippen molar-refractivity contribution in [1.29, 1.82) is 0 Å². The highest BCUT2D eigenvalue weighted by Gasteiger charge is 2.53. The molecule has 0 aromatic carbocycles. The standard InChI is InChI=1S/C52H79N5O12/c1-31-16-12-11-13-17-32(2)43(65-8)28-39-21-19-37(7)52(64,69-39)49(61)50(62)56-23-15-14-18-41(56)51(63)68-44(34(4)26-38-20-22-40(45(27-38)66-9)57-30-53-54-55-57)29-42(58)33(3)25-36(6)47(60)48(67-10)46(59)35(5)24-31/h11-13,16-17,25,30-31,33-35,37-41,43-45,47-48,60,64H,14-15,18-24,26-29H2,1-10H3/b13-11+,16-12+,32-17+,36-25+/t31-,33-,34-,35-,37-,38+,39+,40+,41+,43+,44+,45-,47-,48+,52-/m1/s1/i8D3,19D2. The van der Waals surface area contributed by atoms with Crippen LogP contribution in [0.5, 0.6) is 0 Å². The predicted octanol–water partition coefficient (Wildman–Crippen LogP) is 6.05. The number of hydrogen-bond acceptors (Lipinski definition) is 15. The number of aliphatic hydroxyl groups is 2. The summed E-state index contributed by atoms with van der Waals surface area (Å²) in [7, 11) is 0.0501. The van der Waals surface area contributed by atoms with Crippen molar-refractivity contribution < 1.29 is 64.7 Å². The van der Waals surface area contributed by atoms with Crippen molar-refractivity contribution in [3.8, 4) is 0 Å². The first-order chi connectivity index (χ1) is 34.7. The number of carbonyl (C=O) groups excluding carboxylic acids is 5. The third-order valence-electron chi connectivity index (χ3n) is 14.7. The number of esters is 1. The summed E-state index contributed by atoms with van der Waals surface area (Å²) in [4.78, 5) is 72.6. The Kier molecular flexibility index (Phi) is 18.0. The summed E-state index contributed by atoms with van der Waals surface area (Å²) in [5.41, 5.74) is 0.732. The fourth-order valence-electron chi connectivity index (χ4n) is 10.3. The molecule has 17 heteroatoms. The number of piperidine rings is 1. The Morgan fingerprint density at radius 1 is 0.957 bits per heavy atom. The Hall–Kier alpha value is -4.26. The molecule has 0 radical (unpaired) electrons. The fourth-order valence-corrected chi connectivity index (χ4v) is 10.3. The summed E-state index contributed by atoms with van der Waals surface area (Å²) < 4.78 is 72.5. The smallest absolute Gasteiger partial charge is 0.329 e. The van der Waals surface area contributed by atoms with Crippen molar-refractivity contribution in [3.05, 3.63) is 53.9 Å². The van der Waals surface area contributed by atoms with E-state index in [2.05, 4.69) is 15.5 Å². The van der Waals surface area contributed by atoms with Gasteiger partial charge in [-0.15, -0.1) is 5.10 Å². The van der Waals surface area contributed by atoms with Gasteiger partial charge in [0.2, 0.25) is 5.79 Å². The SMILES string of the molecule is [2H]C([2H])([2H])O[C@H]1C[C@@H]2CC([2H])([2H])[C@@H](C)[C@@](O)(O2)C(=O)C(=O)N2CCCC[C@H]2C(=O)O[C@H]([C@H](C)C[C@@H]2CC[C@H](n3cnnn3)[C@H](OC)C2)CC(=O)[C@H](C)/C=C(\C)[C@@H](O)[C@@H](OC)C(=O)[C@H](C)C[C@H](C)/C=C/C=C/C=C/1C. The molecular weight excluding hydrogens is 887 g/mol. The second kappa shape index (κ2) is 25.7. The van der Waals surface area contributed by atoms with Gasteiger partial charge in [-0.3, -0.25) is 19.2 Å². The zero-order chi connectivity index (χ0) is 54.9. The van der Waals surface area contributed by atoms with Crippen LogP contribution in [0, 0.1) is 35.5 Å². The third-order valence-corrected chi connectivity index (χ3v) is 14.7. The van der Waals surface area contributed by atoms with Gasteiger partial charge in [0.05, 0.1) is 28.5 Å². The van der Waals surface area contributed by atoms with Gasteiger partial charge < -0.3 is 38.8 Å². The van der Waals surface area contributed by atoms with Crippen LogP contribution < -0.4 is 0 Å². The molecule has 1 amide bonds. The minimum atomic E-state index is -3.03. The number of allylic oxidation sites excluding steroid dienone is 6. The van der Waals surface area contributed by atoms with Crippen molar-refractivity contribution in [2.45, 2.75) is 180 Å². The maximum absolute atomic E-state index is 14.6. The average Bonchev–Trinajstić information content (AvgIpc) is 3.89. The number of amides is 1. The number of rotatable bonds is 7. The molecule has 17 nitrogen and oxygen atoms in total. The van der Waals surface area contributed by atoms with E-state index in [1.807, 2.05) is 19.9 Å². The highest BCUT2D eigenvalue weighted by Crippen LogP contribution is 2.39. The minimum absolute atomic E-state index is 0.0754. The summed E-state index contributed by atoms with van der Waals surface area (Å²) in [6.07, 6.45) is 5.98. The number of aliphatic hydroxyl groups excluding tert-OH is 1. The van der Waals surface area contributed by atoms with Crippen molar-refractivity contribution in [2.24, 2.45) is 35.5 Å². The first kappa shape index (κ1) is 48.4. The van der Waals surface area contributed by atoms with Crippen molar-refractivity contribution in [1.82, 2.24) is 25.1 Å². The highest BCUT2D eigenvalue weighted by molar-refractivity contribution is 6.39. The number of ketones is 3. The van der Waals surface area contributed by atoms with Crippen LogP contribution in [0.3, 0.4) is 0 Å². The van der Waals surface area contributed by atoms with Gasteiger partial charge >= 0.3 is 5.97 Å². The van der Waals surface area contributed by atoms with Gasteiger partial charge in [-0.05, 0) is 117 Å². The lowest BCUT2D eigenvalue weighted by Gasteiger charge is -2.42. The maximum atomic E-state index is 14.6. The first-order valence-electron chi connectivity index (χ1n) is 27.1. The third kappa shape index (κ3) is 14.2. The largest absolute Gasteiger partial charge is 0.460 e. The molecule has 0 unspecified atom stereocenters. The maximum Gasteiger partial charge on any atom is 0.329 e. The summed E-state index contributed by atoms with van der Waals surface area (Å²) in [5.74, 6) is -10.7. The molecule has 69 heavy (non-hydrogen) atoms. The lowest BCUT2D eigenvalue weighted by molar-refractivity contribution is -0.265. The number of tetrazole rings is 1. The zero-order valence-corrected chi connectivity index (χ0v) is 41.8. The van der Waals surface area contributed by atoms with Crippen LogP contribution in [0.15, 0.2) is 53.9 Å². The fraction of sp³-hybridized carbons (Fsp3) is 0.731. The summed E-state index contributed by atoms with van der Waals surface area (Å²) >= 11 is 0. The summed E-state index contributed by atoms with van der Waals surface area (Å²) in [6, 6.07) is -1.42. The Bertz CT molecular complexity index is 2220. The van der Waals surface area contributed by atoms with Crippen LogP contribution >= 0.6 is 0 Å². The molecule has 384 valence electrons. The van der Waals surface area contributed by atoms with E-state index in [9.17, 15) is 34.2 Å². The van der Waals surface area contributed by atoms with Crippen LogP contribution in [0.1, 0.15) is 138 Å². The van der Waals surface area contributed by atoms with Crippen LogP contribution in [0.4, 0.5) is 0 Å². The van der Waals surface area contributed by atoms with Gasteiger partial charge in [-0.2, -0.15) is 0 Å². The van der Waals surface area contributed by atoms with E-state index in [0.717, 1.165) is 11.3 Å². The van der Waals surface area contributed by atoms with Crippen LogP contribution in [0.2, 0.25) is 0 Å². The Balaban J connectivity index is 1.52. The number of carbonyl (C=O) groups is 5. The molecule has 0 spiro atoms. The first-order valence-corrected chi connectivity index (χ1v) is 24.6. The molecule has 1 aliphatic carbocycles. The summed E-state index contributed by atoms with van der Waals surface area (Å²) in [6.45, 7) is 11.6. The molecule has 3 aliphatic heterocycles. The molecule has 5 rings (SSSR count). The van der Waals surface area contributed by atoms with E-state index in [4.69, 9.17) is 30.5 Å². The quantitative estimate of drug-likeness (QED) is 0.181. The molecule has 1 aromatic rings. The molecule has 4 aliphatic rings. The van der Waals surface area contributed by atoms with E-state index < -0.39 is 97.1 Å². The van der Waals surface area contributed by atoms with Gasteiger partial charge in [0.15, 0.2) is 5.78 Å². The van der Waals surface area contributed by atoms with Crippen LogP contribution in [-0.2, 0) is 47.7 Å². The summed E-state index contributed by atoms with van der Waals surface area (Å²) in [5, 5.41) is 35.3. The predicted molar refractivity (Wildman–Crippen MR) is 256 cm³/mol. The number of hydrogen-bond donors (Lipinski definition) is 2. The number of aromatic nitrogens is 4. The van der Waals surface area contributed by atoms with E-state index >= 15 is 0 Å². The number of nitrogens with zero attached hydrogens (tertiary/aromatic N) is 5. The van der Waals surface area contributed by atoms with Crippen molar-refractivity contribution in [3.63, 3.8) is 0 Å². The van der Waals surface area contributed by atoms with E-state index in [1.54, 1.807) is 76.2 Å². The monoisotopic (exact) mass is 971 g/mol. The Morgan fingerprint density at radius 2 is 1.72 bits per heavy atom. The van der Waals surface area contributed by atoms with Gasteiger partial charge in [0.1, 0.15) is 36.5 Å². The molecule has 2 saturated heterocycles. The second-order valence-corrected chi connectivity index (χ2v) is 19.9. The molecule has 1 aromatic heterocycles. The number of cyclic esters (lactones) is 1. The molecule has 2 bridgehead atoms. The number of Topliss-reactive ketones (excluding diaryl/α,β-unsaturated/α-hetero) is 3. The molecular formula is C52H79N5O12. The second-order valence-electron chi connectivity index (χ2n) is 19.9. The van der Waals surface area contributed by atoms with Crippen LogP contribution in [0.25, 0.3) is 0 Å². The van der Waals surface area contributed by atoms with Crippen molar-refractivity contribution >= 4 is 29.2 Å². The van der Waals surface area contributed by atoms with E-state index in [-0.39, 0.29) is 67.8 Å². The van der Waals surface area contributed by atoms with Gasteiger partial charge in [0.25, 0.3) is 11.7 Å². The number of methoxy groups -OCH3 is 3. The van der Waals surface area contributed by atoms with Gasteiger partial charge in [-0.1, -0.05) is 71.1 Å².